The maximum absolute atomic E-state index is 12.0. The van der Waals surface area contributed by atoms with Crippen molar-refractivity contribution < 1.29 is 13.9 Å². The molecule has 148 valence electrons. The van der Waals surface area contributed by atoms with E-state index in [1.165, 1.54) is 11.8 Å². The first-order valence-electron chi connectivity index (χ1n) is 8.48. The van der Waals surface area contributed by atoms with Gasteiger partial charge in [-0.1, -0.05) is 35.0 Å². The van der Waals surface area contributed by atoms with Crippen molar-refractivity contribution in [3.8, 4) is 5.75 Å². The van der Waals surface area contributed by atoms with Crippen molar-refractivity contribution >= 4 is 40.9 Å². The number of hydrogen-bond acceptors (Lipinski definition) is 6. The van der Waals surface area contributed by atoms with Crippen LogP contribution in [0.2, 0.25) is 10.0 Å². The molecule has 1 amide bonds. The van der Waals surface area contributed by atoms with Crippen LogP contribution in [0, 0.1) is 0 Å². The number of hydrogen-bond donors (Lipinski definition) is 1. The number of rotatable bonds is 9. The number of aromatic nitrogens is 3. The predicted octanol–water partition coefficient (Wildman–Crippen LogP) is 4.19. The summed E-state index contributed by atoms with van der Waals surface area (Å²) < 4.78 is 12.8. The van der Waals surface area contributed by atoms with Gasteiger partial charge in [0.1, 0.15) is 18.1 Å². The largest absolute Gasteiger partial charge is 0.484 e. The molecule has 1 N–H and O–H groups in total. The number of carbonyl (C=O) groups excluding carboxylic acids is 1. The lowest BCUT2D eigenvalue weighted by atomic mass is 10.3. The highest BCUT2D eigenvalue weighted by Gasteiger charge is 2.14. The summed E-state index contributed by atoms with van der Waals surface area (Å²) in [5.41, 5.74) is 0. The Bertz CT molecular complexity index is 931. The summed E-state index contributed by atoms with van der Waals surface area (Å²) in [4.78, 5) is 12.0. The molecule has 0 spiro atoms. The minimum atomic E-state index is -0.113. The van der Waals surface area contributed by atoms with Crippen molar-refractivity contribution in [2.24, 2.45) is 0 Å². The Hall–Kier alpha value is -2.16. The van der Waals surface area contributed by atoms with E-state index in [-0.39, 0.29) is 18.3 Å². The SMILES string of the molecule is CCn1c(COc2ccc(Cl)cc2Cl)nnc1SCC(=O)NCc1ccco1. The zero-order chi connectivity index (χ0) is 19.9. The molecule has 0 atom stereocenters. The molecule has 28 heavy (non-hydrogen) atoms. The van der Waals surface area contributed by atoms with Gasteiger partial charge in [0.2, 0.25) is 5.91 Å². The minimum Gasteiger partial charge on any atom is -0.484 e. The van der Waals surface area contributed by atoms with Crippen molar-refractivity contribution in [1.82, 2.24) is 20.1 Å². The highest BCUT2D eigenvalue weighted by atomic mass is 35.5. The summed E-state index contributed by atoms with van der Waals surface area (Å²) in [5.74, 6) is 1.98. The van der Waals surface area contributed by atoms with Gasteiger partial charge in [-0.2, -0.15) is 0 Å². The van der Waals surface area contributed by atoms with Crippen LogP contribution >= 0.6 is 35.0 Å². The molecule has 0 radical (unpaired) electrons. The molecule has 7 nitrogen and oxygen atoms in total. The van der Waals surface area contributed by atoms with Crippen LogP contribution in [0.25, 0.3) is 0 Å². The van der Waals surface area contributed by atoms with Gasteiger partial charge in [-0.05, 0) is 37.3 Å². The molecule has 1 aromatic carbocycles. The van der Waals surface area contributed by atoms with E-state index >= 15 is 0 Å². The average molecular weight is 441 g/mol. The molecular weight excluding hydrogens is 423 g/mol. The summed E-state index contributed by atoms with van der Waals surface area (Å²) in [7, 11) is 0. The number of thioether (sulfide) groups is 1. The fraction of sp³-hybridized carbons (Fsp3) is 0.278. The van der Waals surface area contributed by atoms with Crippen molar-refractivity contribution in [2.75, 3.05) is 5.75 Å². The summed E-state index contributed by atoms with van der Waals surface area (Å²) in [6.07, 6.45) is 1.57. The molecule has 2 aromatic heterocycles. The summed E-state index contributed by atoms with van der Waals surface area (Å²) in [6.45, 7) is 3.18. The Morgan fingerprint density at radius 2 is 2.18 bits per heavy atom. The monoisotopic (exact) mass is 440 g/mol. The van der Waals surface area contributed by atoms with Crippen LogP contribution in [0.4, 0.5) is 0 Å². The molecule has 0 saturated carbocycles. The fourth-order valence-corrected chi connectivity index (χ4v) is 3.68. The van der Waals surface area contributed by atoms with Gasteiger partial charge < -0.3 is 19.0 Å². The van der Waals surface area contributed by atoms with E-state index in [1.54, 1.807) is 36.6 Å². The Kier molecular flexibility index (Phi) is 7.24. The fourth-order valence-electron chi connectivity index (χ4n) is 2.36. The maximum Gasteiger partial charge on any atom is 0.230 e. The number of amides is 1. The highest BCUT2D eigenvalue weighted by molar-refractivity contribution is 7.99. The number of furan rings is 1. The van der Waals surface area contributed by atoms with Gasteiger partial charge in [-0.15, -0.1) is 10.2 Å². The van der Waals surface area contributed by atoms with Crippen LogP contribution < -0.4 is 10.1 Å². The second-order valence-electron chi connectivity index (χ2n) is 5.65. The van der Waals surface area contributed by atoms with Gasteiger partial charge in [0.05, 0.1) is 23.6 Å². The van der Waals surface area contributed by atoms with Gasteiger partial charge in [0.15, 0.2) is 11.0 Å². The Labute approximate surface area is 176 Å². The smallest absolute Gasteiger partial charge is 0.230 e. The number of nitrogens with one attached hydrogen (secondary N) is 1. The molecule has 10 heteroatoms. The summed E-state index contributed by atoms with van der Waals surface area (Å²) >= 11 is 13.3. The highest BCUT2D eigenvalue weighted by Crippen LogP contribution is 2.28. The number of ether oxygens (including phenoxy) is 1. The van der Waals surface area contributed by atoms with Crippen molar-refractivity contribution in [3.63, 3.8) is 0 Å². The topological polar surface area (TPSA) is 82.2 Å². The third kappa shape index (κ3) is 5.43. The normalized spacial score (nSPS) is 10.8. The zero-order valence-corrected chi connectivity index (χ0v) is 17.4. The molecule has 0 unspecified atom stereocenters. The quantitative estimate of drug-likeness (QED) is 0.502. The number of benzene rings is 1. The molecule has 2 heterocycles. The van der Waals surface area contributed by atoms with E-state index in [1.807, 2.05) is 11.5 Å². The van der Waals surface area contributed by atoms with Gasteiger partial charge in [-0.3, -0.25) is 4.79 Å². The second-order valence-corrected chi connectivity index (χ2v) is 7.44. The molecule has 0 aliphatic rings. The van der Waals surface area contributed by atoms with Crippen LogP contribution in [0.1, 0.15) is 18.5 Å². The Balaban J connectivity index is 1.54. The van der Waals surface area contributed by atoms with E-state index in [0.717, 1.165) is 0 Å². The third-order valence-electron chi connectivity index (χ3n) is 3.73. The van der Waals surface area contributed by atoms with E-state index in [2.05, 4.69) is 15.5 Å². The standard InChI is InChI=1S/C18H18Cl2N4O3S/c1-2-24-16(10-27-15-6-5-12(19)8-14(15)20)22-23-18(24)28-11-17(25)21-9-13-4-3-7-26-13/h3-8H,2,9-11H2,1H3,(H,21,25). The van der Waals surface area contributed by atoms with Crippen molar-refractivity contribution in [1.29, 1.82) is 0 Å². The molecule has 3 aromatic rings. The van der Waals surface area contributed by atoms with Crippen LogP contribution in [0.15, 0.2) is 46.2 Å². The van der Waals surface area contributed by atoms with Crippen LogP contribution in [-0.4, -0.2) is 26.4 Å². The zero-order valence-electron chi connectivity index (χ0n) is 15.0. The molecule has 0 fully saturated rings. The number of nitrogens with zero attached hydrogens (tertiary/aromatic N) is 3. The summed E-state index contributed by atoms with van der Waals surface area (Å²) in [6, 6.07) is 8.61. The Morgan fingerprint density at radius 1 is 1.32 bits per heavy atom. The lowest BCUT2D eigenvalue weighted by Crippen LogP contribution is -2.24. The molecular formula is C18H18Cl2N4O3S. The molecule has 3 rings (SSSR count). The van der Waals surface area contributed by atoms with E-state index in [0.29, 0.717) is 45.6 Å². The van der Waals surface area contributed by atoms with E-state index in [4.69, 9.17) is 32.4 Å². The molecule has 0 saturated heterocycles. The first-order valence-corrected chi connectivity index (χ1v) is 10.2. The lowest BCUT2D eigenvalue weighted by molar-refractivity contribution is -0.118. The van der Waals surface area contributed by atoms with Gasteiger partial charge in [-0.25, -0.2) is 0 Å². The van der Waals surface area contributed by atoms with Gasteiger partial charge in [0.25, 0.3) is 0 Å². The van der Waals surface area contributed by atoms with E-state index < -0.39 is 0 Å². The Morgan fingerprint density at radius 3 is 2.89 bits per heavy atom. The lowest BCUT2D eigenvalue weighted by Gasteiger charge is -2.10. The first kappa shape index (κ1) is 20.6. The van der Waals surface area contributed by atoms with Crippen LogP contribution in [0.5, 0.6) is 5.75 Å². The molecule has 0 aliphatic carbocycles. The van der Waals surface area contributed by atoms with Gasteiger partial charge in [0, 0.05) is 11.6 Å². The third-order valence-corrected chi connectivity index (χ3v) is 5.23. The molecule has 0 aliphatic heterocycles. The first-order chi connectivity index (χ1) is 13.6. The van der Waals surface area contributed by atoms with Crippen molar-refractivity contribution in [3.05, 3.63) is 58.2 Å². The minimum absolute atomic E-state index is 0.113. The van der Waals surface area contributed by atoms with Crippen LogP contribution in [-0.2, 0) is 24.5 Å². The van der Waals surface area contributed by atoms with Crippen LogP contribution in [0.3, 0.4) is 0 Å². The molecule has 0 bridgehead atoms. The van der Waals surface area contributed by atoms with Gasteiger partial charge >= 0.3 is 0 Å². The summed E-state index contributed by atoms with van der Waals surface area (Å²) in [5, 5.41) is 12.7. The second kappa shape index (κ2) is 9.86. The number of halogens is 2. The maximum atomic E-state index is 12.0. The average Bonchev–Trinajstić information content (AvgIpc) is 3.33. The van der Waals surface area contributed by atoms with Crippen molar-refractivity contribution in [2.45, 2.75) is 31.8 Å². The predicted molar refractivity (Wildman–Crippen MR) is 108 cm³/mol. The number of carbonyl (C=O) groups is 1. The van der Waals surface area contributed by atoms with E-state index in [9.17, 15) is 4.79 Å².